The zero-order chi connectivity index (χ0) is 42.4. The summed E-state index contributed by atoms with van der Waals surface area (Å²) in [6, 6.07) is 20.5. The Morgan fingerprint density at radius 2 is 0.900 bits per heavy atom. The normalized spacial score (nSPS) is 12.8. The fourth-order valence-corrected chi connectivity index (χ4v) is 8.04. The number of nitrogens with zero attached hydrogens (tertiary/aromatic N) is 4. The van der Waals surface area contributed by atoms with E-state index in [0.717, 1.165) is 0 Å². The molecular formula is C38H32Cl2CrN6NaO10S2. The molecule has 0 bridgehead atoms. The topological polar surface area (TPSA) is 274 Å². The number of aliphatic hydroxyl groups excluding tert-OH is 2. The molecule has 0 spiro atoms. The summed E-state index contributed by atoms with van der Waals surface area (Å²) in [5, 5.41) is 84.1. The van der Waals surface area contributed by atoms with E-state index in [9.17, 15) is 37.3 Å². The molecule has 2 unspecified atom stereocenters. The second-order valence-corrected chi connectivity index (χ2v) is 16.9. The van der Waals surface area contributed by atoms with Gasteiger partial charge in [0.2, 0.25) is 20.0 Å². The summed E-state index contributed by atoms with van der Waals surface area (Å²) in [5.41, 5.74) is -0.0874. The summed E-state index contributed by atoms with van der Waals surface area (Å²) < 4.78 is 54.3. The van der Waals surface area contributed by atoms with Crippen LogP contribution in [-0.4, -0.2) is 52.3 Å². The SMILES string of the molecule is CC(CO)NS(=O)(=O)c1ccc2c(N=Nc3cc(Cl)ccc3[O-])c([O-])ccc2c1.CC(CO)NS(=O)(=O)c1ccc2c(N=Nc3cc(Cl)ccc3[O-])c([O-])ccc2c1.[Cr+3].[Na+]. The molecule has 1 radical (unpaired) electrons. The van der Waals surface area contributed by atoms with Crippen molar-refractivity contribution in [2.45, 2.75) is 35.7 Å². The first-order chi connectivity index (χ1) is 27.4. The molecule has 0 saturated heterocycles. The molecule has 6 aromatic carbocycles. The average Bonchev–Trinajstić information content (AvgIpc) is 3.19. The number of aliphatic hydroxyl groups is 2. The first-order valence-corrected chi connectivity index (χ1v) is 20.6. The number of hydrogen-bond donors (Lipinski definition) is 4. The number of azo groups is 2. The van der Waals surface area contributed by atoms with Crippen LogP contribution in [0.25, 0.3) is 21.5 Å². The molecule has 6 aromatic rings. The van der Waals surface area contributed by atoms with Crippen molar-refractivity contribution in [3.8, 4) is 23.0 Å². The Labute approximate surface area is 387 Å². The van der Waals surface area contributed by atoms with E-state index in [2.05, 4.69) is 29.9 Å². The molecule has 16 nitrogen and oxygen atoms in total. The molecule has 0 fully saturated rings. The van der Waals surface area contributed by atoms with Crippen LogP contribution in [0, 0.1) is 0 Å². The minimum atomic E-state index is -3.85. The van der Waals surface area contributed by atoms with Crippen LogP contribution in [0.1, 0.15) is 13.8 Å². The third-order valence-corrected chi connectivity index (χ3v) is 11.7. The van der Waals surface area contributed by atoms with Gasteiger partial charge in [0.1, 0.15) is 0 Å². The minimum Gasteiger partial charge on any atom is -0.871 e. The maximum atomic E-state index is 12.4. The Morgan fingerprint density at radius 3 is 1.25 bits per heavy atom. The predicted octanol–water partition coefficient (Wildman–Crippen LogP) is 2.43. The van der Waals surface area contributed by atoms with Gasteiger partial charge in [-0.15, -0.1) is 0 Å². The van der Waals surface area contributed by atoms with E-state index in [0.29, 0.717) is 31.6 Å². The van der Waals surface area contributed by atoms with Crippen molar-refractivity contribution in [2.24, 2.45) is 20.5 Å². The van der Waals surface area contributed by atoms with Crippen LogP contribution in [0.3, 0.4) is 0 Å². The van der Waals surface area contributed by atoms with E-state index in [1.165, 1.54) is 111 Å². The maximum Gasteiger partial charge on any atom is 3.00 e. The van der Waals surface area contributed by atoms with Crippen LogP contribution in [0.4, 0.5) is 22.7 Å². The largest absolute Gasteiger partial charge is 3.00 e. The zero-order valence-electron chi connectivity index (χ0n) is 31.7. The number of fused-ring (bicyclic) bond motifs is 2. The van der Waals surface area contributed by atoms with Crippen molar-refractivity contribution in [3.05, 3.63) is 107 Å². The molecule has 0 saturated carbocycles. The van der Waals surface area contributed by atoms with Gasteiger partial charge in [-0.2, -0.15) is 20.5 Å². The van der Waals surface area contributed by atoms with Crippen LogP contribution < -0.4 is 59.4 Å². The second kappa shape index (κ2) is 21.7. The average molecular weight is 943 g/mol. The molecular weight excluding hydrogens is 910 g/mol. The number of hydrogen-bond acceptors (Lipinski definition) is 14. The molecule has 2 atom stereocenters. The van der Waals surface area contributed by atoms with E-state index in [1.54, 1.807) is 0 Å². The smallest absolute Gasteiger partial charge is 0.871 e. The summed E-state index contributed by atoms with van der Waals surface area (Å²) in [5.74, 6) is -1.66. The molecule has 0 heterocycles. The second-order valence-electron chi connectivity index (χ2n) is 12.6. The summed E-state index contributed by atoms with van der Waals surface area (Å²) in [4.78, 5) is -0.0490. The fraction of sp³-hybridized carbons (Fsp3) is 0.158. The van der Waals surface area contributed by atoms with E-state index >= 15 is 0 Å². The molecule has 0 aliphatic heterocycles. The van der Waals surface area contributed by atoms with Crippen LogP contribution in [0.15, 0.2) is 127 Å². The van der Waals surface area contributed by atoms with Crippen LogP contribution >= 0.6 is 23.2 Å². The first kappa shape index (κ1) is 50.4. The van der Waals surface area contributed by atoms with Gasteiger partial charge in [0.25, 0.3) is 0 Å². The zero-order valence-corrected chi connectivity index (χ0v) is 38.2. The molecule has 0 aliphatic carbocycles. The Kier molecular flexibility index (Phi) is 18.3. The standard InChI is InChI=1S/2C19H18ClN3O5S.Cr.Na/c2*1-11(10-24)23-29(27,28)14-4-5-15-12(8-14)2-6-18(26)19(15)22-21-16-9-13(20)3-7-17(16)25;;/h2*2-9,11,23-26H,10H2,1H3;;/q;;+3;+1/p-4. The van der Waals surface area contributed by atoms with Crippen LogP contribution in [0.5, 0.6) is 23.0 Å². The molecule has 307 valence electrons. The minimum absolute atomic E-state index is 0. The number of benzene rings is 6. The molecule has 0 aliphatic rings. The van der Waals surface area contributed by atoms with E-state index in [1.807, 2.05) is 0 Å². The van der Waals surface area contributed by atoms with E-state index in [-0.39, 0.29) is 92.7 Å². The predicted molar refractivity (Wildman–Crippen MR) is 211 cm³/mol. The van der Waals surface area contributed by atoms with Gasteiger partial charge in [0.15, 0.2) is 0 Å². The molecule has 0 amide bonds. The van der Waals surface area contributed by atoms with Gasteiger partial charge in [0, 0.05) is 32.9 Å². The summed E-state index contributed by atoms with van der Waals surface area (Å²) in [6.07, 6.45) is 0. The van der Waals surface area contributed by atoms with Gasteiger partial charge in [0.05, 0.1) is 45.8 Å². The molecule has 4 N–H and O–H groups in total. The van der Waals surface area contributed by atoms with Crippen molar-refractivity contribution in [2.75, 3.05) is 13.2 Å². The van der Waals surface area contributed by atoms with Crippen LogP contribution in [-0.2, 0) is 37.4 Å². The Balaban J connectivity index is 0.000000310. The number of halogens is 2. The Morgan fingerprint density at radius 1 is 0.550 bits per heavy atom. The Bertz CT molecular complexity index is 2600. The first-order valence-electron chi connectivity index (χ1n) is 16.9. The van der Waals surface area contributed by atoms with Gasteiger partial charge in [-0.1, -0.05) is 94.7 Å². The maximum absolute atomic E-state index is 12.4. The molecule has 6 rings (SSSR count). The summed E-state index contributed by atoms with van der Waals surface area (Å²) >= 11 is 11.7. The van der Waals surface area contributed by atoms with Crippen molar-refractivity contribution in [1.82, 2.24) is 9.44 Å². The van der Waals surface area contributed by atoms with Crippen molar-refractivity contribution >= 4 is 87.5 Å². The van der Waals surface area contributed by atoms with Gasteiger partial charge >= 0.3 is 46.9 Å². The Hall–Kier alpha value is -3.91. The number of sulfonamides is 2. The summed E-state index contributed by atoms with van der Waals surface area (Å²) in [6.45, 7) is 2.37. The number of nitrogens with one attached hydrogen (secondary N) is 2. The number of rotatable bonds is 12. The van der Waals surface area contributed by atoms with Gasteiger partial charge in [-0.3, -0.25) is 0 Å². The van der Waals surface area contributed by atoms with Gasteiger partial charge in [-0.05, 0) is 73.2 Å². The third kappa shape index (κ3) is 12.6. The van der Waals surface area contributed by atoms with Crippen molar-refractivity contribution in [3.63, 3.8) is 0 Å². The molecule has 0 aromatic heterocycles. The van der Waals surface area contributed by atoms with E-state index < -0.39 is 55.1 Å². The summed E-state index contributed by atoms with van der Waals surface area (Å²) in [7, 11) is -7.70. The molecule has 22 heteroatoms. The fourth-order valence-electron chi connectivity index (χ4n) is 5.17. The third-order valence-electron chi connectivity index (χ3n) is 8.09. The van der Waals surface area contributed by atoms with Crippen LogP contribution in [0.2, 0.25) is 10.0 Å². The quantitative estimate of drug-likeness (QED) is 0.103. The monoisotopic (exact) mass is 941 g/mol. The van der Waals surface area contributed by atoms with Gasteiger partial charge in [-0.25, -0.2) is 26.3 Å². The van der Waals surface area contributed by atoms with Crippen molar-refractivity contribution in [1.29, 1.82) is 0 Å². The van der Waals surface area contributed by atoms with Crippen molar-refractivity contribution < 1.29 is 94.4 Å². The van der Waals surface area contributed by atoms with E-state index in [4.69, 9.17) is 33.4 Å². The van der Waals surface area contributed by atoms with Gasteiger partial charge < -0.3 is 30.6 Å². The molecule has 60 heavy (non-hydrogen) atoms.